The van der Waals surface area contributed by atoms with E-state index in [-0.39, 0.29) is 201 Å². The molecule has 0 aromatic rings. The van der Waals surface area contributed by atoms with E-state index in [4.69, 9.17) is 56.8 Å². The van der Waals surface area contributed by atoms with Gasteiger partial charge >= 0.3 is 54.3 Å². The lowest BCUT2D eigenvalue weighted by Gasteiger charge is -2.56. The zero-order chi connectivity index (χ0) is 89.6. The Hall–Kier alpha value is -4.38. The van der Waals surface area contributed by atoms with Gasteiger partial charge in [0.2, 0.25) is 0 Å². The van der Waals surface area contributed by atoms with Crippen molar-refractivity contribution in [2.75, 3.05) is 47.4 Å². The van der Waals surface area contributed by atoms with Crippen molar-refractivity contribution < 1.29 is 130 Å². The Labute approximate surface area is 808 Å². The number of alkyl halides is 9. The molecule has 18 rings (SSSR count). The summed E-state index contributed by atoms with van der Waals surface area (Å²) in [6.45, 7) is 21.7. The molecule has 0 heterocycles. The third-order valence-corrected chi connectivity index (χ3v) is 31.9. The molecule has 0 spiro atoms. The van der Waals surface area contributed by atoms with Crippen LogP contribution in [0.5, 0.6) is 0 Å². The van der Waals surface area contributed by atoms with Gasteiger partial charge in [-0.15, -0.1) is 0 Å². The maximum absolute atomic E-state index is 13.0. The zero-order valence-corrected chi connectivity index (χ0v) is 75.7. The Morgan fingerprint density at radius 2 is 0.604 bits per heavy atom. The van der Waals surface area contributed by atoms with Crippen molar-refractivity contribution in [3.63, 3.8) is 0 Å². The summed E-state index contributed by atoms with van der Waals surface area (Å²) >= 11 is 0. The number of hydrogen-bond donors (Lipinski definition) is 0. The van der Waals surface area contributed by atoms with Gasteiger partial charge in [-0.05, 0) is 323 Å². The number of ether oxygens (including phenoxy) is 12. The van der Waals surface area contributed by atoms with E-state index in [1.807, 2.05) is 55.4 Å². The van der Waals surface area contributed by atoms with Crippen LogP contribution < -0.4 is 0 Å². The van der Waals surface area contributed by atoms with Crippen LogP contribution in [0.2, 0.25) is 0 Å². The Bertz CT molecular complexity index is 3260. The van der Waals surface area contributed by atoms with E-state index in [1.54, 1.807) is 0 Å². The van der Waals surface area contributed by atoms with Crippen molar-refractivity contribution in [2.45, 2.75) is 466 Å². The van der Waals surface area contributed by atoms with E-state index in [9.17, 15) is 73.1 Å². The molecule has 18 saturated carbocycles. The molecule has 0 saturated heterocycles. The number of Topliss-reactive ketones (excluding diaryl/α,β-unsaturated/α-hetero) is 1. The highest BCUT2D eigenvalue weighted by molar-refractivity contribution is 5.86. The molecule has 9 unspecified atom stereocenters. The van der Waals surface area contributed by atoms with E-state index in [0.717, 1.165) is 190 Å². The number of esters is 6. The summed E-state index contributed by atoms with van der Waals surface area (Å²) in [5.41, 5.74) is -8.07. The predicted octanol–water partition coefficient (Wildman–Crippen LogP) is 30.0. The molecule has 18 fully saturated rings. The first-order chi connectivity index (χ1) is 57.4. The Kier molecular flexibility index (Phi) is 59.7. The van der Waals surface area contributed by atoms with Gasteiger partial charge in [-0.25, -0.2) is 0 Å². The number of carbonyl (C=O) groups is 7. The van der Waals surface area contributed by atoms with E-state index < -0.39 is 76.7 Å². The maximum atomic E-state index is 13.0. The highest BCUT2D eigenvalue weighted by Gasteiger charge is 2.61. The number of carbonyl (C=O) groups excluding carboxylic acids is 7. The molecule has 19 nitrogen and oxygen atoms in total. The van der Waals surface area contributed by atoms with Gasteiger partial charge in [0.1, 0.15) is 5.78 Å². The van der Waals surface area contributed by atoms with Crippen LogP contribution >= 0.6 is 0 Å². The summed E-state index contributed by atoms with van der Waals surface area (Å²) in [7, 11) is 0. The van der Waals surface area contributed by atoms with Crippen LogP contribution in [0.25, 0.3) is 0 Å². The highest BCUT2D eigenvalue weighted by atomic mass is 19.4. The number of halogens is 9. The fraction of sp³-hybridized carbons (Fsp3) is 0.934. The summed E-state index contributed by atoms with van der Waals surface area (Å²) in [4.78, 5) is 82.7. The summed E-state index contributed by atoms with van der Waals surface area (Å²) in [5, 5.41) is 0. The average Bonchev–Trinajstić information content (AvgIpc) is 0.740. The molecule has 0 amide bonds. The predicted molar refractivity (Wildman–Crippen MR) is 516 cm³/mol. The van der Waals surface area contributed by atoms with Gasteiger partial charge in [0, 0.05) is 11.8 Å². The molecular weight excluding hydrogens is 1750 g/mol. The monoisotopic (exact) mass is 1950 g/mol. The minimum absolute atomic E-state index is 0. The van der Waals surface area contributed by atoms with Crippen LogP contribution in [-0.2, 0) is 90.4 Å². The van der Waals surface area contributed by atoms with Gasteiger partial charge < -0.3 is 56.8 Å². The van der Waals surface area contributed by atoms with Crippen molar-refractivity contribution in [3.8, 4) is 0 Å². The molecule has 0 N–H and O–H groups in total. The Morgan fingerprint density at radius 3 is 0.910 bits per heavy atom. The normalized spacial score (nSPS) is 30.2. The first kappa shape index (κ1) is 136. The topological polar surface area (TPSA) is 230 Å². The molecule has 0 aromatic heterocycles. The van der Waals surface area contributed by atoms with Crippen molar-refractivity contribution in [1.82, 2.24) is 0 Å². The smallest absolute Gasteiger partial charge is 0.404 e. The standard InChI is InChI=1S/C18H27F3O3.C17H23F3O4.C17H25F3O3.C17H28O3.C13H24O3.C12H22O3.12CH4/c1-3-16(2,18(19,20)21)15(22)24-11-23-10-17-7-12-4-13(8-17)6-14(5-12)9-17;1-3-16(2,17(18,19)20)15(22)24-8-23-14-11-5-9-4-10(7-11)13(21)12(14)6-9;1-3-16(2,17(18,19)20)15(21)23-9-22-14-12-5-10-4-11(7-12)8-13(14)6-10;1-4-17(2,3)16(18)20-10-19-15-13-6-11-5-12(8-13)9-14(15)7-11;1-4-13(2,3)12(14)16-10-15-11-8-6-5-7-9-11;1-3-10(2)12(13)15-9-14-11-7-5-4-6-8-11;;;;;;;;;;;;/h12-14H,3-11H2,1-2H3;9-12,14H,3-8H2,1-2H3;10-14H,3-9H2,1-2H3;11-15H,4-10H2,1-3H3;11H,4-10H2,1-3H3;10-11H,3-9H2,1-2H3;12*1H4. The fourth-order valence-corrected chi connectivity index (χ4v) is 23.1. The summed E-state index contributed by atoms with van der Waals surface area (Å²) < 4.78 is 181. The second kappa shape index (κ2) is 58.9. The van der Waals surface area contributed by atoms with E-state index >= 15 is 0 Å². The highest BCUT2D eigenvalue weighted by Crippen LogP contribution is 2.61. The van der Waals surface area contributed by atoms with E-state index in [1.165, 1.54) is 117 Å². The van der Waals surface area contributed by atoms with E-state index in [0.29, 0.717) is 42.7 Å². The minimum atomic E-state index is -4.67. The van der Waals surface area contributed by atoms with Crippen LogP contribution in [0, 0.1) is 127 Å². The van der Waals surface area contributed by atoms with Crippen LogP contribution in [0.3, 0.4) is 0 Å². The quantitative estimate of drug-likeness (QED) is 0.0206. The van der Waals surface area contributed by atoms with Crippen LogP contribution in [0.1, 0.15) is 417 Å². The van der Waals surface area contributed by atoms with Gasteiger partial charge in [-0.3, -0.25) is 33.6 Å². The molecular formula is C106H197F9O19. The Balaban J connectivity index is -0.000000749. The molecule has 0 aliphatic heterocycles. The molecule has 16 bridgehead atoms. The van der Waals surface area contributed by atoms with E-state index in [2.05, 4.69) is 0 Å². The van der Waals surface area contributed by atoms with Crippen LogP contribution in [-0.4, -0.2) is 138 Å². The molecule has 0 radical (unpaired) electrons. The average molecular weight is 1950 g/mol. The van der Waals surface area contributed by atoms with Crippen molar-refractivity contribution in [2.24, 2.45) is 127 Å². The lowest BCUT2D eigenvalue weighted by Crippen LogP contribution is -2.55. The van der Waals surface area contributed by atoms with Crippen molar-refractivity contribution in [1.29, 1.82) is 0 Å². The minimum Gasteiger partial charge on any atom is -0.438 e. The largest absolute Gasteiger partial charge is 0.438 e. The third kappa shape index (κ3) is 34.8. The summed E-state index contributed by atoms with van der Waals surface area (Å²) in [5.74, 6) is 5.02. The van der Waals surface area contributed by atoms with Gasteiger partial charge in [0.05, 0.1) is 53.9 Å². The summed E-state index contributed by atoms with van der Waals surface area (Å²) in [6.07, 6.45) is 23.9. The molecule has 9 atom stereocenters. The fourth-order valence-electron chi connectivity index (χ4n) is 23.1. The number of hydrogen-bond acceptors (Lipinski definition) is 19. The Morgan fingerprint density at radius 1 is 0.328 bits per heavy atom. The van der Waals surface area contributed by atoms with Crippen LogP contribution in [0.4, 0.5) is 39.5 Å². The van der Waals surface area contributed by atoms with Gasteiger partial charge in [-0.2, -0.15) is 39.5 Å². The second-order valence-electron chi connectivity index (χ2n) is 41.3. The molecule has 18 aliphatic carbocycles. The number of rotatable bonds is 31. The maximum Gasteiger partial charge on any atom is 0.404 e. The summed E-state index contributed by atoms with van der Waals surface area (Å²) in [6, 6.07) is 0. The van der Waals surface area contributed by atoms with Crippen molar-refractivity contribution in [3.05, 3.63) is 0 Å². The number of ketones is 1. The SMILES string of the molecule is C.C.C.C.C.C.C.C.C.C.C.C.CCC(C)(C(=O)OCOC1C2CC3CC(C2)C(=O)C1C3)C(F)(F)F.CCC(C)(C(=O)OCOC1C2CC3CC(C2)CC1C3)C(F)(F)F.CCC(C)(C(=O)OCOCC12CC3CC(CC(C3)C1)C2)C(F)(F)F.CCC(C)(C)C(=O)OCOC1C2CC3CC(C2)CC1C3.CCC(C)(C)C(=O)OCOC1CCCCC1.CCC(C)C(=O)OCOC1CCCCC1. The molecule has 18 aliphatic rings. The van der Waals surface area contributed by atoms with Gasteiger partial charge in [-0.1, -0.05) is 176 Å². The van der Waals surface area contributed by atoms with Gasteiger partial charge in [0.15, 0.2) is 57.0 Å². The van der Waals surface area contributed by atoms with Crippen molar-refractivity contribution >= 4 is 41.6 Å². The van der Waals surface area contributed by atoms with Crippen LogP contribution in [0.15, 0.2) is 0 Å². The first-order valence-electron chi connectivity index (χ1n) is 46.8. The second-order valence-corrected chi connectivity index (χ2v) is 41.3. The lowest BCUT2D eigenvalue weighted by atomic mass is 9.50. The zero-order valence-electron chi connectivity index (χ0n) is 75.7. The molecule has 798 valence electrons. The third-order valence-electron chi connectivity index (χ3n) is 31.9. The molecule has 0 aromatic carbocycles. The lowest BCUT2D eigenvalue weighted by molar-refractivity contribution is -0.242. The molecule has 134 heavy (non-hydrogen) atoms. The van der Waals surface area contributed by atoms with Gasteiger partial charge in [0.25, 0.3) is 0 Å². The first-order valence-corrected chi connectivity index (χ1v) is 46.8. The molecule has 28 heteroatoms.